The van der Waals surface area contributed by atoms with Gasteiger partial charge >= 0.3 is 5.97 Å². The molecule has 1 N–H and O–H groups in total. The first-order chi connectivity index (χ1) is 8.04. The predicted molar refractivity (Wildman–Crippen MR) is 64.7 cm³/mol. The van der Waals surface area contributed by atoms with E-state index in [0.29, 0.717) is 12.1 Å². The van der Waals surface area contributed by atoms with Gasteiger partial charge in [0.1, 0.15) is 0 Å². The van der Waals surface area contributed by atoms with Crippen molar-refractivity contribution in [2.75, 3.05) is 6.54 Å². The van der Waals surface area contributed by atoms with Crippen LogP contribution in [0, 0.1) is 6.92 Å². The summed E-state index contributed by atoms with van der Waals surface area (Å²) in [5, 5.41) is 2.60. The minimum atomic E-state index is -0.775. The molecular weight excluding hydrogens is 218 g/mol. The summed E-state index contributed by atoms with van der Waals surface area (Å²) in [7, 11) is 0. The van der Waals surface area contributed by atoms with Crippen LogP contribution < -0.4 is 5.32 Å². The number of hydrogen-bond acceptors (Lipinski definition) is 3. The molecule has 92 valence electrons. The standard InChI is InChI=1S/C13H17NO3/c1-4-14-12(15)10(3)17-13(16)11-7-5-6-9(2)8-11/h5-8,10H,4H2,1-3H3,(H,14,15)/t10-/m1/s1. The van der Waals surface area contributed by atoms with Crippen LogP contribution in [0.3, 0.4) is 0 Å². The number of benzene rings is 1. The molecular formula is C13H17NO3. The zero-order valence-electron chi connectivity index (χ0n) is 10.3. The van der Waals surface area contributed by atoms with Gasteiger partial charge in [-0.15, -0.1) is 0 Å². The highest BCUT2D eigenvalue weighted by molar-refractivity contribution is 5.92. The van der Waals surface area contributed by atoms with Crippen molar-refractivity contribution in [3.05, 3.63) is 35.4 Å². The van der Waals surface area contributed by atoms with Crippen molar-refractivity contribution in [3.63, 3.8) is 0 Å². The van der Waals surface area contributed by atoms with Gasteiger partial charge in [-0.3, -0.25) is 4.79 Å². The molecule has 0 heterocycles. The van der Waals surface area contributed by atoms with Crippen molar-refractivity contribution < 1.29 is 14.3 Å². The zero-order valence-corrected chi connectivity index (χ0v) is 10.3. The molecule has 17 heavy (non-hydrogen) atoms. The molecule has 0 radical (unpaired) electrons. The first-order valence-electron chi connectivity index (χ1n) is 5.60. The van der Waals surface area contributed by atoms with E-state index in [4.69, 9.17) is 4.74 Å². The number of carbonyl (C=O) groups excluding carboxylic acids is 2. The van der Waals surface area contributed by atoms with Gasteiger partial charge in [-0.1, -0.05) is 17.7 Å². The summed E-state index contributed by atoms with van der Waals surface area (Å²) in [6.45, 7) is 5.78. The molecule has 0 spiro atoms. The summed E-state index contributed by atoms with van der Waals surface area (Å²) in [5.41, 5.74) is 1.44. The Labute approximate surface area is 101 Å². The lowest BCUT2D eigenvalue weighted by molar-refractivity contribution is -0.128. The minimum Gasteiger partial charge on any atom is -0.449 e. The van der Waals surface area contributed by atoms with Gasteiger partial charge in [0.05, 0.1) is 5.56 Å². The van der Waals surface area contributed by atoms with Crippen LogP contribution in [0.1, 0.15) is 29.8 Å². The maximum Gasteiger partial charge on any atom is 0.338 e. The summed E-state index contributed by atoms with van der Waals surface area (Å²) in [6, 6.07) is 7.07. The lowest BCUT2D eigenvalue weighted by Gasteiger charge is -2.12. The van der Waals surface area contributed by atoms with Gasteiger partial charge in [-0.25, -0.2) is 4.79 Å². The van der Waals surface area contributed by atoms with Crippen molar-refractivity contribution in [1.82, 2.24) is 5.32 Å². The Bertz CT molecular complexity index is 415. The van der Waals surface area contributed by atoms with Crippen molar-refractivity contribution in [3.8, 4) is 0 Å². The second-order valence-corrected chi connectivity index (χ2v) is 3.81. The molecule has 0 aliphatic rings. The second-order valence-electron chi connectivity index (χ2n) is 3.81. The molecule has 0 aromatic heterocycles. The maximum absolute atomic E-state index is 11.7. The summed E-state index contributed by atoms with van der Waals surface area (Å²) in [5.74, 6) is -0.763. The molecule has 1 rings (SSSR count). The Morgan fingerprint density at radius 3 is 2.71 bits per heavy atom. The molecule has 0 aliphatic heterocycles. The van der Waals surface area contributed by atoms with Crippen LogP contribution in [0.25, 0.3) is 0 Å². The Hall–Kier alpha value is -1.84. The molecule has 0 saturated heterocycles. The lowest BCUT2D eigenvalue weighted by atomic mass is 10.1. The topological polar surface area (TPSA) is 55.4 Å². The first kappa shape index (κ1) is 13.2. The molecule has 1 atom stereocenters. The highest BCUT2D eigenvalue weighted by atomic mass is 16.5. The van der Waals surface area contributed by atoms with E-state index >= 15 is 0 Å². The van der Waals surface area contributed by atoms with Gasteiger partial charge in [0.25, 0.3) is 5.91 Å². The lowest BCUT2D eigenvalue weighted by Crippen LogP contribution is -2.35. The largest absolute Gasteiger partial charge is 0.449 e. The summed E-state index contributed by atoms with van der Waals surface area (Å²) < 4.78 is 5.05. The fourth-order valence-corrected chi connectivity index (χ4v) is 1.37. The molecule has 0 fully saturated rings. The highest BCUT2D eigenvalue weighted by Crippen LogP contribution is 2.07. The quantitative estimate of drug-likeness (QED) is 0.808. The van der Waals surface area contributed by atoms with Crippen molar-refractivity contribution >= 4 is 11.9 Å². The highest BCUT2D eigenvalue weighted by Gasteiger charge is 2.17. The van der Waals surface area contributed by atoms with E-state index < -0.39 is 12.1 Å². The maximum atomic E-state index is 11.7. The van der Waals surface area contributed by atoms with E-state index in [0.717, 1.165) is 5.56 Å². The summed E-state index contributed by atoms with van der Waals surface area (Å²) >= 11 is 0. The summed E-state index contributed by atoms with van der Waals surface area (Å²) in [4.78, 5) is 23.1. The van der Waals surface area contributed by atoms with Crippen LogP contribution in [-0.2, 0) is 9.53 Å². The van der Waals surface area contributed by atoms with Crippen LogP contribution in [0.4, 0.5) is 0 Å². The normalized spacial score (nSPS) is 11.7. The Morgan fingerprint density at radius 2 is 2.12 bits per heavy atom. The smallest absolute Gasteiger partial charge is 0.338 e. The average Bonchev–Trinajstić information content (AvgIpc) is 2.29. The van der Waals surface area contributed by atoms with Crippen LogP contribution in [0.5, 0.6) is 0 Å². The number of ether oxygens (including phenoxy) is 1. The molecule has 0 saturated carbocycles. The molecule has 0 aliphatic carbocycles. The van der Waals surface area contributed by atoms with Crippen LogP contribution in [0.15, 0.2) is 24.3 Å². The number of esters is 1. The van der Waals surface area contributed by atoms with Crippen molar-refractivity contribution in [1.29, 1.82) is 0 Å². The second kappa shape index (κ2) is 6.03. The SMILES string of the molecule is CCNC(=O)[C@@H](C)OC(=O)c1cccc(C)c1. The van der Waals surface area contributed by atoms with Gasteiger partial charge in [-0.05, 0) is 32.9 Å². The third-order valence-electron chi connectivity index (χ3n) is 2.26. The third-order valence-corrected chi connectivity index (χ3v) is 2.26. The van der Waals surface area contributed by atoms with E-state index in [9.17, 15) is 9.59 Å². The fraction of sp³-hybridized carbons (Fsp3) is 0.385. The van der Waals surface area contributed by atoms with Crippen molar-refractivity contribution in [2.24, 2.45) is 0 Å². The molecule has 0 unspecified atom stereocenters. The Kier molecular flexibility index (Phi) is 4.69. The van der Waals surface area contributed by atoms with Gasteiger partial charge in [0.15, 0.2) is 6.10 Å². The van der Waals surface area contributed by atoms with Crippen LogP contribution >= 0.6 is 0 Å². The van der Waals surface area contributed by atoms with Gasteiger partial charge in [-0.2, -0.15) is 0 Å². The molecule has 4 heteroatoms. The number of nitrogens with one attached hydrogen (secondary N) is 1. The van der Waals surface area contributed by atoms with Crippen LogP contribution in [-0.4, -0.2) is 24.5 Å². The number of hydrogen-bond donors (Lipinski definition) is 1. The molecule has 1 amide bonds. The van der Waals surface area contributed by atoms with Gasteiger partial charge in [0, 0.05) is 6.54 Å². The zero-order chi connectivity index (χ0) is 12.8. The molecule has 4 nitrogen and oxygen atoms in total. The van der Waals surface area contributed by atoms with E-state index in [-0.39, 0.29) is 5.91 Å². The Balaban J connectivity index is 2.63. The van der Waals surface area contributed by atoms with Gasteiger partial charge < -0.3 is 10.1 Å². The number of rotatable bonds is 4. The van der Waals surface area contributed by atoms with Crippen molar-refractivity contribution in [2.45, 2.75) is 26.9 Å². The molecule has 1 aromatic rings. The van der Waals surface area contributed by atoms with Crippen LogP contribution in [0.2, 0.25) is 0 Å². The molecule has 1 aromatic carbocycles. The van der Waals surface area contributed by atoms with E-state index in [2.05, 4.69) is 5.32 Å². The number of carbonyl (C=O) groups is 2. The first-order valence-corrected chi connectivity index (χ1v) is 5.60. The fourth-order valence-electron chi connectivity index (χ4n) is 1.37. The Morgan fingerprint density at radius 1 is 1.41 bits per heavy atom. The van der Waals surface area contributed by atoms with Gasteiger partial charge in [0.2, 0.25) is 0 Å². The average molecular weight is 235 g/mol. The number of amides is 1. The van der Waals surface area contributed by atoms with E-state index in [1.54, 1.807) is 25.1 Å². The molecule has 0 bridgehead atoms. The predicted octanol–water partition coefficient (Wildman–Crippen LogP) is 1.68. The van der Waals surface area contributed by atoms with E-state index in [1.165, 1.54) is 0 Å². The van der Waals surface area contributed by atoms with E-state index in [1.807, 2.05) is 19.9 Å². The minimum absolute atomic E-state index is 0.284. The monoisotopic (exact) mass is 235 g/mol. The summed E-state index contributed by atoms with van der Waals surface area (Å²) in [6.07, 6.45) is -0.775. The number of likely N-dealkylation sites (N-methyl/N-ethyl adjacent to an activating group) is 1. The third kappa shape index (κ3) is 3.90. The number of aryl methyl sites for hydroxylation is 1.